The summed E-state index contributed by atoms with van der Waals surface area (Å²) in [4.78, 5) is 31.7. The van der Waals surface area contributed by atoms with E-state index in [2.05, 4.69) is 4.98 Å². The van der Waals surface area contributed by atoms with Crippen LogP contribution in [0.3, 0.4) is 0 Å². The zero-order valence-corrected chi connectivity index (χ0v) is 16.2. The smallest absolute Gasteiger partial charge is 0.272 e. The Bertz CT molecular complexity index is 1060. The molecule has 0 bridgehead atoms. The summed E-state index contributed by atoms with van der Waals surface area (Å²) in [6, 6.07) is 5.83. The monoisotopic (exact) mass is 378 g/mol. The number of hydrogen-bond donors (Lipinski definition) is 0. The minimum absolute atomic E-state index is 0.107. The average molecular weight is 378 g/mol. The Morgan fingerprint density at radius 1 is 1.36 bits per heavy atom. The summed E-state index contributed by atoms with van der Waals surface area (Å²) in [6.07, 6.45) is 5.52. The number of ether oxygens (including phenoxy) is 1. The molecule has 7 heteroatoms. The van der Waals surface area contributed by atoms with Gasteiger partial charge in [-0.05, 0) is 31.1 Å². The predicted octanol–water partition coefficient (Wildman–Crippen LogP) is 2.30. The molecule has 4 rings (SSSR count). The highest BCUT2D eigenvalue weighted by molar-refractivity contribution is 6.04. The van der Waals surface area contributed by atoms with E-state index in [-0.39, 0.29) is 17.3 Å². The first-order valence-corrected chi connectivity index (χ1v) is 9.29. The summed E-state index contributed by atoms with van der Waals surface area (Å²) in [5.74, 6) is -0.313. The molecular formula is C21H22N4O3. The number of carbonyl (C=O) groups is 2. The van der Waals surface area contributed by atoms with Crippen molar-refractivity contribution in [2.45, 2.75) is 32.8 Å². The molecule has 0 N–H and O–H groups in total. The molecule has 1 aliphatic heterocycles. The van der Waals surface area contributed by atoms with E-state index in [1.807, 2.05) is 45.2 Å². The van der Waals surface area contributed by atoms with Crippen LogP contribution in [0.2, 0.25) is 0 Å². The van der Waals surface area contributed by atoms with Crippen LogP contribution in [0.4, 0.5) is 0 Å². The highest BCUT2D eigenvalue weighted by Crippen LogP contribution is 2.41. The third-order valence-electron chi connectivity index (χ3n) is 5.50. The molecule has 0 saturated carbocycles. The van der Waals surface area contributed by atoms with Crippen LogP contribution in [-0.4, -0.2) is 51.3 Å². The standard InChI is InChI=1S/C21H22N4O3/c1-14-4-5-17-23-10-16(25(17)11-14)19(27)24-6-7-28-21(13-24)8-15(9-22)18(26)20(2,3)12-21/h4-5,8,10-11H,6-7,12-13H2,1-3H3. The third-order valence-corrected chi connectivity index (χ3v) is 5.50. The lowest BCUT2D eigenvalue weighted by molar-refractivity contribution is -0.134. The van der Waals surface area contributed by atoms with Crippen molar-refractivity contribution in [2.75, 3.05) is 19.7 Å². The van der Waals surface area contributed by atoms with Crippen LogP contribution in [0.25, 0.3) is 5.65 Å². The first-order chi connectivity index (χ1) is 13.2. The topological polar surface area (TPSA) is 87.7 Å². The SMILES string of the molecule is Cc1ccc2ncc(C(=O)N3CCOC4(C=C(C#N)C(=O)C(C)(C)C4)C3)n2c1. The lowest BCUT2D eigenvalue weighted by Crippen LogP contribution is -2.57. The first kappa shape index (κ1) is 18.4. The van der Waals surface area contributed by atoms with Crippen molar-refractivity contribution >= 4 is 17.3 Å². The van der Waals surface area contributed by atoms with Gasteiger partial charge in [-0.3, -0.25) is 14.0 Å². The highest BCUT2D eigenvalue weighted by Gasteiger charge is 2.48. The number of amides is 1. The number of morpholine rings is 1. The maximum absolute atomic E-state index is 13.2. The Labute approximate surface area is 163 Å². The fourth-order valence-electron chi connectivity index (χ4n) is 4.24. The fourth-order valence-corrected chi connectivity index (χ4v) is 4.24. The van der Waals surface area contributed by atoms with E-state index in [9.17, 15) is 14.9 Å². The van der Waals surface area contributed by atoms with Gasteiger partial charge < -0.3 is 9.64 Å². The molecule has 1 spiro atoms. The number of aryl methyl sites for hydroxylation is 1. The van der Waals surface area contributed by atoms with Crippen molar-refractivity contribution in [1.29, 1.82) is 5.26 Å². The summed E-state index contributed by atoms with van der Waals surface area (Å²) in [7, 11) is 0. The van der Waals surface area contributed by atoms with Crippen molar-refractivity contribution in [3.8, 4) is 6.07 Å². The molecule has 0 radical (unpaired) electrons. The van der Waals surface area contributed by atoms with Crippen molar-refractivity contribution in [3.63, 3.8) is 0 Å². The summed E-state index contributed by atoms with van der Waals surface area (Å²) in [6.45, 7) is 6.70. The van der Waals surface area contributed by atoms with Gasteiger partial charge in [0.05, 0.1) is 24.9 Å². The van der Waals surface area contributed by atoms with Crippen LogP contribution in [0.15, 0.2) is 36.2 Å². The highest BCUT2D eigenvalue weighted by atomic mass is 16.5. The number of ketones is 1. The zero-order chi connectivity index (χ0) is 20.1. The third kappa shape index (κ3) is 2.90. The van der Waals surface area contributed by atoms with Gasteiger partial charge in [0.1, 0.15) is 23.0 Å². The molecule has 1 aliphatic carbocycles. The van der Waals surface area contributed by atoms with Gasteiger partial charge in [0.25, 0.3) is 5.91 Å². The van der Waals surface area contributed by atoms with Crippen molar-refractivity contribution in [2.24, 2.45) is 5.41 Å². The molecule has 1 atom stereocenters. The fraction of sp³-hybridized carbons (Fsp3) is 0.429. The molecule has 1 fully saturated rings. The molecule has 1 amide bonds. The largest absolute Gasteiger partial charge is 0.367 e. The second-order valence-corrected chi connectivity index (χ2v) is 8.28. The molecule has 144 valence electrons. The predicted molar refractivity (Wildman–Crippen MR) is 102 cm³/mol. The lowest BCUT2D eigenvalue weighted by atomic mass is 9.69. The number of pyridine rings is 1. The average Bonchev–Trinajstić information content (AvgIpc) is 3.07. The number of nitriles is 1. The van der Waals surface area contributed by atoms with E-state index in [0.717, 1.165) is 5.56 Å². The number of allylic oxidation sites excluding steroid dienone is 1. The van der Waals surface area contributed by atoms with Gasteiger partial charge in [0.15, 0.2) is 5.78 Å². The van der Waals surface area contributed by atoms with Gasteiger partial charge >= 0.3 is 0 Å². The van der Waals surface area contributed by atoms with Crippen LogP contribution in [0.5, 0.6) is 0 Å². The minimum Gasteiger partial charge on any atom is -0.367 e. The number of Topliss-reactive ketones (excluding diaryl/α,β-unsaturated/α-hetero) is 1. The first-order valence-electron chi connectivity index (χ1n) is 9.29. The number of hydrogen-bond acceptors (Lipinski definition) is 5. The van der Waals surface area contributed by atoms with Crippen molar-refractivity contribution in [1.82, 2.24) is 14.3 Å². The number of nitrogens with zero attached hydrogens (tertiary/aromatic N) is 4. The van der Waals surface area contributed by atoms with Gasteiger partial charge in [-0.25, -0.2) is 4.98 Å². The van der Waals surface area contributed by atoms with Gasteiger partial charge in [-0.1, -0.05) is 19.9 Å². The molecule has 1 saturated heterocycles. The molecule has 2 aromatic heterocycles. The minimum atomic E-state index is -0.827. The van der Waals surface area contributed by atoms with Crippen LogP contribution < -0.4 is 0 Å². The van der Waals surface area contributed by atoms with Crippen LogP contribution in [0, 0.1) is 23.7 Å². The lowest BCUT2D eigenvalue weighted by Gasteiger charge is -2.46. The number of rotatable bonds is 1. The normalized spacial score (nSPS) is 24.3. The van der Waals surface area contributed by atoms with Gasteiger partial charge in [-0.15, -0.1) is 0 Å². The summed E-state index contributed by atoms with van der Waals surface area (Å²) in [5.41, 5.74) is 0.807. The van der Waals surface area contributed by atoms with Crippen LogP contribution in [0.1, 0.15) is 36.3 Å². The van der Waals surface area contributed by atoms with Crippen LogP contribution in [-0.2, 0) is 9.53 Å². The van der Waals surface area contributed by atoms with Crippen molar-refractivity contribution < 1.29 is 14.3 Å². The number of fused-ring (bicyclic) bond motifs is 1. The quantitative estimate of drug-likeness (QED) is 0.760. The maximum atomic E-state index is 13.2. The molecule has 2 aliphatic rings. The van der Waals surface area contributed by atoms with E-state index in [1.54, 1.807) is 21.6 Å². The summed E-state index contributed by atoms with van der Waals surface area (Å²) < 4.78 is 7.83. The van der Waals surface area contributed by atoms with E-state index >= 15 is 0 Å². The molecule has 3 heterocycles. The Kier molecular flexibility index (Phi) is 4.12. The molecule has 1 unspecified atom stereocenters. The summed E-state index contributed by atoms with van der Waals surface area (Å²) >= 11 is 0. The molecule has 28 heavy (non-hydrogen) atoms. The Morgan fingerprint density at radius 2 is 2.14 bits per heavy atom. The zero-order valence-electron chi connectivity index (χ0n) is 16.2. The van der Waals surface area contributed by atoms with E-state index in [4.69, 9.17) is 4.74 Å². The number of carbonyl (C=O) groups excluding carboxylic acids is 2. The summed E-state index contributed by atoms with van der Waals surface area (Å²) in [5, 5.41) is 9.39. The van der Waals surface area contributed by atoms with E-state index in [1.165, 1.54) is 0 Å². The van der Waals surface area contributed by atoms with Gasteiger partial charge in [0.2, 0.25) is 0 Å². The van der Waals surface area contributed by atoms with E-state index < -0.39 is 11.0 Å². The second-order valence-electron chi connectivity index (χ2n) is 8.28. The number of imidazole rings is 1. The van der Waals surface area contributed by atoms with Gasteiger partial charge in [-0.2, -0.15) is 5.26 Å². The molecule has 2 aromatic rings. The van der Waals surface area contributed by atoms with E-state index in [0.29, 0.717) is 37.5 Å². The molecule has 7 nitrogen and oxygen atoms in total. The van der Waals surface area contributed by atoms with Gasteiger partial charge in [0, 0.05) is 18.2 Å². The molecule has 0 aromatic carbocycles. The Balaban J connectivity index is 1.68. The van der Waals surface area contributed by atoms with Crippen LogP contribution >= 0.6 is 0 Å². The number of aromatic nitrogens is 2. The Hall–Kier alpha value is -2.98. The Morgan fingerprint density at radius 3 is 2.89 bits per heavy atom. The maximum Gasteiger partial charge on any atom is 0.272 e. The molecular weight excluding hydrogens is 356 g/mol. The van der Waals surface area contributed by atoms with Crippen molar-refractivity contribution in [3.05, 3.63) is 47.4 Å². The second kappa shape index (κ2) is 6.28.